The molecule has 1 saturated heterocycles. The molecule has 0 amide bonds. The molecular formula is C21H25NO. The summed E-state index contributed by atoms with van der Waals surface area (Å²) in [7, 11) is 0. The van der Waals surface area contributed by atoms with Crippen LogP contribution in [0.5, 0.6) is 0 Å². The van der Waals surface area contributed by atoms with Crippen LogP contribution in [0.25, 0.3) is 0 Å². The summed E-state index contributed by atoms with van der Waals surface area (Å²) in [5, 5.41) is 3.75. The minimum absolute atomic E-state index is 0.00363. The fourth-order valence-corrected chi connectivity index (χ4v) is 4.07. The minimum Gasteiger partial charge on any atom is -0.313 e. The van der Waals surface area contributed by atoms with Crippen molar-refractivity contribution in [2.24, 2.45) is 0 Å². The van der Waals surface area contributed by atoms with Gasteiger partial charge in [0.1, 0.15) is 6.29 Å². The largest absolute Gasteiger partial charge is 0.313 e. The number of carbonyl (C=O) groups is 1. The molecule has 1 atom stereocenters. The topological polar surface area (TPSA) is 29.1 Å². The highest BCUT2D eigenvalue weighted by atomic mass is 16.1. The zero-order valence-electron chi connectivity index (χ0n) is 13.6. The van der Waals surface area contributed by atoms with E-state index < -0.39 is 0 Å². The summed E-state index contributed by atoms with van der Waals surface area (Å²) in [4.78, 5) is 10.7. The highest BCUT2D eigenvalue weighted by Crippen LogP contribution is 2.43. The van der Waals surface area contributed by atoms with Crippen LogP contribution in [0.3, 0.4) is 0 Å². The normalized spacial score (nSPS) is 20.1. The van der Waals surface area contributed by atoms with Crippen LogP contribution in [0, 0.1) is 0 Å². The van der Waals surface area contributed by atoms with Gasteiger partial charge in [-0.1, -0.05) is 60.7 Å². The van der Waals surface area contributed by atoms with Crippen molar-refractivity contribution in [3.8, 4) is 0 Å². The lowest BCUT2D eigenvalue weighted by molar-refractivity contribution is -0.108. The summed E-state index contributed by atoms with van der Waals surface area (Å²) in [5.74, 6) is 0. The van der Waals surface area contributed by atoms with E-state index in [0.29, 0.717) is 12.5 Å². The first-order chi connectivity index (χ1) is 11.4. The molecule has 3 rings (SSSR count). The summed E-state index contributed by atoms with van der Waals surface area (Å²) in [6.45, 7) is 1.06. The van der Waals surface area contributed by atoms with Gasteiger partial charge in [0.05, 0.1) is 0 Å². The fourth-order valence-electron chi connectivity index (χ4n) is 4.07. The van der Waals surface area contributed by atoms with E-state index in [1.54, 1.807) is 0 Å². The summed E-state index contributed by atoms with van der Waals surface area (Å²) < 4.78 is 0. The average Bonchev–Trinajstić information content (AvgIpc) is 2.64. The van der Waals surface area contributed by atoms with Gasteiger partial charge in [0.15, 0.2) is 0 Å². The molecule has 0 aromatic heterocycles. The Kier molecular flexibility index (Phi) is 5.24. The molecule has 2 heteroatoms. The second-order valence-corrected chi connectivity index (χ2v) is 6.41. The summed E-state index contributed by atoms with van der Waals surface area (Å²) in [5.41, 5.74) is 2.77. The third-order valence-electron chi connectivity index (χ3n) is 5.13. The maximum Gasteiger partial charge on any atom is 0.119 e. The lowest BCUT2D eigenvalue weighted by Crippen LogP contribution is -2.53. The lowest BCUT2D eigenvalue weighted by atomic mass is 9.63. The Morgan fingerprint density at radius 1 is 1.00 bits per heavy atom. The molecule has 0 bridgehead atoms. The predicted molar refractivity (Wildman–Crippen MR) is 94.6 cm³/mol. The van der Waals surface area contributed by atoms with Crippen molar-refractivity contribution >= 4 is 6.29 Å². The fraction of sp³-hybridized carbons (Fsp3) is 0.381. The van der Waals surface area contributed by atoms with E-state index in [9.17, 15) is 4.79 Å². The first kappa shape index (κ1) is 15.9. The average molecular weight is 307 g/mol. The molecule has 1 aliphatic rings. The van der Waals surface area contributed by atoms with Crippen molar-refractivity contribution in [2.45, 2.75) is 43.6 Å². The maximum atomic E-state index is 10.7. The molecule has 0 aliphatic carbocycles. The molecule has 1 unspecified atom stereocenters. The molecule has 23 heavy (non-hydrogen) atoms. The van der Waals surface area contributed by atoms with Gasteiger partial charge in [-0.3, -0.25) is 0 Å². The van der Waals surface area contributed by atoms with Crippen molar-refractivity contribution < 1.29 is 4.79 Å². The predicted octanol–water partition coefficient (Wildman–Crippen LogP) is 4.09. The molecule has 2 aromatic rings. The van der Waals surface area contributed by atoms with Gasteiger partial charge in [-0.2, -0.15) is 0 Å². The number of piperidine rings is 1. The van der Waals surface area contributed by atoms with Crippen molar-refractivity contribution in [3.63, 3.8) is 0 Å². The number of carbonyl (C=O) groups excluding carboxylic acids is 1. The Balaban J connectivity index is 2.04. The van der Waals surface area contributed by atoms with Gasteiger partial charge in [-0.05, 0) is 43.4 Å². The van der Waals surface area contributed by atoms with Crippen LogP contribution in [0.2, 0.25) is 0 Å². The second-order valence-electron chi connectivity index (χ2n) is 6.41. The summed E-state index contributed by atoms with van der Waals surface area (Å²) in [6.07, 6.45) is 5.99. The van der Waals surface area contributed by atoms with E-state index >= 15 is 0 Å². The van der Waals surface area contributed by atoms with Crippen LogP contribution in [-0.4, -0.2) is 18.9 Å². The zero-order valence-corrected chi connectivity index (χ0v) is 13.6. The van der Waals surface area contributed by atoms with Crippen molar-refractivity contribution in [3.05, 3.63) is 71.8 Å². The molecule has 1 aliphatic heterocycles. The van der Waals surface area contributed by atoms with E-state index in [0.717, 1.165) is 32.1 Å². The van der Waals surface area contributed by atoms with Crippen LogP contribution in [-0.2, 0) is 10.2 Å². The Labute approximate surface area is 138 Å². The molecule has 1 heterocycles. The van der Waals surface area contributed by atoms with E-state index in [2.05, 4.69) is 66.0 Å². The third-order valence-corrected chi connectivity index (χ3v) is 5.13. The van der Waals surface area contributed by atoms with Gasteiger partial charge in [-0.25, -0.2) is 0 Å². The van der Waals surface area contributed by atoms with E-state index in [1.807, 2.05) is 0 Å². The van der Waals surface area contributed by atoms with Crippen molar-refractivity contribution in [1.29, 1.82) is 0 Å². The lowest BCUT2D eigenvalue weighted by Gasteiger charge is -2.46. The number of unbranched alkanes of at least 4 members (excludes halogenated alkanes) is 1. The number of hydrogen-bond acceptors (Lipinski definition) is 2. The summed E-state index contributed by atoms with van der Waals surface area (Å²) in [6, 6.07) is 22.1. The zero-order chi connectivity index (χ0) is 16.0. The molecule has 2 aromatic carbocycles. The third kappa shape index (κ3) is 3.23. The highest BCUT2D eigenvalue weighted by Gasteiger charge is 2.42. The van der Waals surface area contributed by atoms with Crippen LogP contribution in [0.4, 0.5) is 0 Å². The van der Waals surface area contributed by atoms with Gasteiger partial charge in [0.2, 0.25) is 0 Å². The minimum atomic E-state index is 0.00363. The van der Waals surface area contributed by atoms with Gasteiger partial charge in [-0.15, -0.1) is 0 Å². The molecule has 1 fully saturated rings. The van der Waals surface area contributed by atoms with Gasteiger partial charge in [0, 0.05) is 17.9 Å². The molecule has 0 saturated carbocycles. The van der Waals surface area contributed by atoms with Crippen LogP contribution >= 0.6 is 0 Å². The van der Waals surface area contributed by atoms with Crippen molar-refractivity contribution in [2.75, 3.05) is 6.54 Å². The standard InChI is InChI=1S/C21H25NO/c23-17-8-7-14-20-21(15-9-16-22-20,18-10-3-1-4-11-18)19-12-5-2-6-13-19/h1-6,10-13,17,20,22H,7-9,14-16H2. The monoisotopic (exact) mass is 307 g/mol. The number of benzene rings is 2. The Morgan fingerprint density at radius 2 is 1.61 bits per heavy atom. The quantitative estimate of drug-likeness (QED) is 0.643. The number of hydrogen-bond donors (Lipinski definition) is 1. The Hall–Kier alpha value is -1.93. The SMILES string of the molecule is O=CCCCC1NCCCC1(c1ccccc1)c1ccccc1. The van der Waals surface area contributed by atoms with Crippen LogP contribution < -0.4 is 5.32 Å². The number of aldehydes is 1. The van der Waals surface area contributed by atoms with E-state index in [-0.39, 0.29) is 5.41 Å². The Bertz CT molecular complexity index is 569. The number of rotatable bonds is 6. The van der Waals surface area contributed by atoms with E-state index in [4.69, 9.17) is 0 Å². The van der Waals surface area contributed by atoms with Crippen LogP contribution in [0.15, 0.2) is 60.7 Å². The first-order valence-electron chi connectivity index (χ1n) is 8.66. The molecule has 0 radical (unpaired) electrons. The first-order valence-corrected chi connectivity index (χ1v) is 8.66. The highest BCUT2D eigenvalue weighted by molar-refractivity contribution is 5.49. The smallest absolute Gasteiger partial charge is 0.119 e. The molecule has 1 N–H and O–H groups in total. The Morgan fingerprint density at radius 3 is 2.17 bits per heavy atom. The molecule has 2 nitrogen and oxygen atoms in total. The molecule has 0 spiro atoms. The van der Waals surface area contributed by atoms with Gasteiger partial charge >= 0.3 is 0 Å². The second kappa shape index (κ2) is 7.56. The maximum absolute atomic E-state index is 10.7. The van der Waals surface area contributed by atoms with Crippen LogP contribution in [0.1, 0.15) is 43.2 Å². The molecule has 120 valence electrons. The van der Waals surface area contributed by atoms with E-state index in [1.165, 1.54) is 17.5 Å². The summed E-state index contributed by atoms with van der Waals surface area (Å²) >= 11 is 0. The van der Waals surface area contributed by atoms with Crippen molar-refractivity contribution in [1.82, 2.24) is 5.32 Å². The number of nitrogens with one attached hydrogen (secondary N) is 1. The molecular weight excluding hydrogens is 282 g/mol. The van der Waals surface area contributed by atoms with Gasteiger partial charge in [0.25, 0.3) is 0 Å². The van der Waals surface area contributed by atoms with Gasteiger partial charge < -0.3 is 10.1 Å².